The Balaban J connectivity index is 2.69. The van der Waals surface area contributed by atoms with Crippen molar-refractivity contribution in [2.45, 2.75) is 6.42 Å². The average Bonchev–Trinajstić information content (AvgIpc) is 2.16. The van der Waals surface area contributed by atoms with E-state index in [1.54, 1.807) is 0 Å². The van der Waals surface area contributed by atoms with Crippen molar-refractivity contribution in [3.05, 3.63) is 28.0 Å². The number of aromatic nitrogens is 1. The molecule has 1 aromatic rings. The number of pyridine rings is 1. The van der Waals surface area contributed by atoms with Gasteiger partial charge in [0.05, 0.1) is 5.56 Å². The molecule has 1 heterocycles. The third-order valence-corrected chi connectivity index (χ3v) is 1.76. The van der Waals surface area contributed by atoms with Gasteiger partial charge < -0.3 is 16.2 Å². The number of hydrogen-bond acceptors (Lipinski definition) is 4. The SMILES string of the molecule is NCCCNC(=O)c1cc(O)[nH]c(=O)c1. The monoisotopic (exact) mass is 211 g/mol. The Hall–Kier alpha value is -1.82. The molecule has 0 bridgehead atoms. The van der Waals surface area contributed by atoms with Gasteiger partial charge in [-0.15, -0.1) is 0 Å². The maximum absolute atomic E-state index is 11.4. The summed E-state index contributed by atoms with van der Waals surface area (Å²) in [7, 11) is 0. The van der Waals surface area contributed by atoms with Crippen molar-refractivity contribution in [3.8, 4) is 5.88 Å². The zero-order valence-corrected chi connectivity index (χ0v) is 8.12. The second kappa shape index (κ2) is 5.16. The van der Waals surface area contributed by atoms with Gasteiger partial charge in [0.25, 0.3) is 11.5 Å². The fourth-order valence-electron chi connectivity index (χ4n) is 1.07. The number of aromatic hydroxyl groups is 1. The number of nitrogens with two attached hydrogens (primary N) is 1. The Kier molecular flexibility index (Phi) is 3.87. The Bertz CT molecular complexity index is 400. The van der Waals surface area contributed by atoms with Crippen LogP contribution in [0.5, 0.6) is 5.88 Å². The highest BCUT2D eigenvalue weighted by Crippen LogP contribution is 2.03. The average molecular weight is 211 g/mol. The van der Waals surface area contributed by atoms with E-state index in [2.05, 4.69) is 10.3 Å². The van der Waals surface area contributed by atoms with E-state index in [-0.39, 0.29) is 11.4 Å². The summed E-state index contributed by atoms with van der Waals surface area (Å²) >= 11 is 0. The molecule has 0 aliphatic rings. The minimum atomic E-state index is -0.515. The number of rotatable bonds is 4. The zero-order chi connectivity index (χ0) is 11.3. The zero-order valence-electron chi connectivity index (χ0n) is 8.12. The molecular weight excluding hydrogens is 198 g/mol. The standard InChI is InChI=1S/C9H13N3O3/c10-2-1-3-11-9(15)6-4-7(13)12-8(14)5-6/h4-5H,1-3,10H2,(H,11,15)(H2,12,13,14). The largest absolute Gasteiger partial charge is 0.494 e. The summed E-state index contributed by atoms with van der Waals surface area (Å²) in [5.74, 6) is -0.726. The van der Waals surface area contributed by atoms with Crippen molar-refractivity contribution in [1.82, 2.24) is 10.3 Å². The number of carbonyl (C=O) groups is 1. The molecule has 0 saturated carbocycles. The van der Waals surface area contributed by atoms with Gasteiger partial charge in [-0.3, -0.25) is 14.6 Å². The third-order valence-electron chi connectivity index (χ3n) is 1.76. The van der Waals surface area contributed by atoms with Gasteiger partial charge in [-0.1, -0.05) is 0 Å². The number of nitrogens with one attached hydrogen (secondary N) is 2. The summed E-state index contributed by atoms with van der Waals surface area (Å²) in [6.07, 6.45) is 0.668. The van der Waals surface area contributed by atoms with Gasteiger partial charge in [0.15, 0.2) is 5.88 Å². The van der Waals surface area contributed by atoms with Crippen molar-refractivity contribution in [2.24, 2.45) is 5.73 Å². The van der Waals surface area contributed by atoms with Gasteiger partial charge in [-0.2, -0.15) is 0 Å². The highest BCUT2D eigenvalue weighted by molar-refractivity contribution is 5.94. The summed E-state index contributed by atoms with van der Waals surface area (Å²) in [5.41, 5.74) is 4.87. The first kappa shape index (κ1) is 11.3. The van der Waals surface area contributed by atoms with Crippen molar-refractivity contribution >= 4 is 5.91 Å². The van der Waals surface area contributed by atoms with Crippen LogP contribution >= 0.6 is 0 Å². The first-order valence-corrected chi connectivity index (χ1v) is 4.55. The fraction of sp³-hybridized carbons (Fsp3) is 0.333. The van der Waals surface area contributed by atoms with Crippen LogP contribution in [0.4, 0.5) is 0 Å². The Labute approximate surface area is 86.1 Å². The van der Waals surface area contributed by atoms with E-state index in [0.717, 1.165) is 6.07 Å². The molecule has 15 heavy (non-hydrogen) atoms. The third kappa shape index (κ3) is 3.43. The highest BCUT2D eigenvalue weighted by atomic mass is 16.3. The molecule has 0 aliphatic carbocycles. The molecule has 0 radical (unpaired) electrons. The lowest BCUT2D eigenvalue weighted by molar-refractivity contribution is 0.0953. The van der Waals surface area contributed by atoms with Crippen LogP contribution in [0.25, 0.3) is 0 Å². The van der Waals surface area contributed by atoms with E-state index in [9.17, 15) is 9.59 Å². The predicted molar refractivity (Wildman–Crippen MR) is 54.7 cm³/mol. The second-order valence-corrected chi connectivity index (χ2v) is 3.02. The van der Waals surface area contributed by atoms with Crippen LogP contribution in [0.2, 0.25) is 0 Å². The van der Waals surface area contributed by atoms with E-state index in [1.165, 1.54) is 6.07 Å². The van der Waals surface area contributed by atoms with E-state index in [4.69, 9.17) is 10.8 Å². The van der Waals surface area contributed by atoms with Crippen molar-refractivity contribution in [1.29, 1.82) is 0 Å². The summed E-state index contributed by atoms with van der Waals surface area (Å²) < 4.78 is 0. The van der Waals surface area contributed by atoms with Gasteiger partial charge in [-0.05, 0) is 13.0 Å². The van der Waals surface area contributed by atoms with Crippen LogP contribution in [0.1, 0.15) is 16.8 Å². The van der Waals surface area contributed by atoms with Crippen molar-refractivity contribution in [2.75, 3.05) is 13.1 Å². The van der Waals surface area contributed by atoms with Crippen molar-refractivity contribution < 1.29 is 9.90 Å². The Morgan fingerprint density at radius 3 is 2.87 bits per heavy atom. The number of carbonyl (C=O) groups excluding carboxylic acids is 1. The molecule has 0 fully saturated rings. The minimum absolute atomic E-state index is 0.133. The van der Waals surface area contributed by atoms with E-state index >= 15 is 0 Å². The van der Waals surface area contributed by atoms with Crippen molar-refractivity contribution in [3.63, 3.8) is 0 Å². The molecule has 0 spiro atoms. The van der Waals surface area contributed by atoms with Crippen LogP contribution in [0.3, 0.4) is 0 Å². The smallest absolute Gasteiger partial charge is 0.251 e. The molecule has 0 unspecified atom stereocenters. The molecule has 0 aromatic carbocycles. The Morgan fingerprint density at radius 2 is 2.27 bits per heavy atom. The topological polar surface area (TPSA) is 108 Å². The molecule has 0 saturated heterocycles. The summed E-state index contributed by atoms with van der Waals surface area (Å²) in [6, 6.07) is 2.32. The molecule has 0 aliphatic heterocycles. The lowest BCUT2D eigenvalue weighted by Crippen LogP contribution is -2.27. The molecule has 6 nitrogen and oxygen atoms in total. The minimum Gasteiger partial charge on any atom is -0.494 e. The molecule has 1 rings (SSSR count). The van der Waals surface area contributed by atoms with Crippen LogP contribution < -0.4 is 16.6 Å². The van der Waals surface area contributed by atoms with Crippen LogP contribution in [0.15, 0.2) is 16.9 Å². The lowest BCUT2D eigenvalue weighted by atomic mass is 10.2. The number of amides is 1. The number of hydrogen-bond donors (Lipinski definition) is 4. The van der Waals surface area contributed by atoms with Gasteiger partial charge in [0.1, 0.15) is 0 Å². The first-order valence-electron chi connectivity index (χ1n) is 4.55. The maximum atomic E-state index is 11.4. The molecule has 5 N–H and O–H groups in total. The molecule has 6 heteroatoms. The highest BCUT2D eigenvalue weighted by Gasteiger charge is 2.06. The molecule has 1 amide bonds. The maximum Gasteiger partial charge on any atom is 0.251 e. The van der Waals surface area contributed by atoms with E-state index in [0.29, 0.717) is 19.5 Å². The van der Waals surface area contributed by atoms with E-state index in [1.807, 2.05) is 0 Å². The summed E-state index contributed by atoms with van der Waals surface area (Å²) in [5, 5.41) is 11.6. The van der Waals surface area contributed by atoms with Crippen LogP contribution in [-0.4, -0.2) is 29.1 Å². The first-order chi connectivity index (χ1) is 7.13. The summed E-state index contributed by atoms with van der Waals surface area (Å²) in [6.45, 7) is 0.934. The van der Waals surface area contributed by atoms with Gasteiger partial charge in [0.2, 0.25) is 0 Å². The second-order valence-electron chi connectivity index (χ2n) is 3.02. The van der Waals surface area contributed by atoms with Crippen LogP contribution in [-0.2, 0) is 0 Å². The number of H-pyrrole nitrogens is 1. The molecule has 0 atom stereocenters. The predicted octanol–water partition coefficient (Wildman–Crippen LogP) is -0.841. The molecular formula is C9H13N3O3. The molecule has 82 valence electrons. The normalized spacial score (nSPS) is 9.93. The van der Waals surface area contributed by atoms with E-state index < -0.39 is 11.5 Å². The van der Waals surface area contributed by atoms with Gasteiger partial charge >= 0.3 is 0 Å². The van der Waals surface area contributed by atoms with Crippen LogP contribution in [0, 0.1) is 0 Å². The fourth-order valence-corrected chi connectivity index (χ4v) is 1.07. The molecule has 1 aromatic heterocycles. The Morgan fingerprint density at radius 1 is 1.53 bits per heavy atom. The lowest BCUT2D eigenvalue weighted by Gasteiger charge is -2.03. The van der Waals surface area contributed by atoms with Gasteiger partial charge in [-0.25, -0.2) is 0 Å². The van der Waals surface area contributed by atoms with Gasteiger partial charge in [0, 0.05) is 18.7 Å². The number of aromatic amines is 1. The quantitative estimate of drug-likeness (QED) is 0.487. The summed E-state index contributed by atoms with van der Waals surface area (Å²) in [4.78, 5) is 24.5.